The number of carbonyl (C=O) groups is 1. The number of rotatable bonds is 3. The van der Waals surface area contributed by atoms with Crippen LogP contribution in [0.4, 0.5) is 11.6 Å². The molecule has 3 aromatic rings. The Morgan fingerprint density at radius 2 is 2.07 bits per heavy atom. The number of carbonyl (C=O) groups excluding carboxylic acids is 1. The van der Waals surface area contributed by atoms with E-state index in [9.17, 15) is 4.79 Å². The Balaban J connectivity index is 0.00000210. The molecule has 27 heavy (non-hydrogen) atoms. The summed E-state index contributed by atoms with van der Waals surface area (Å²) in [6.45, 7) is 0.632. The number of hydrogen-bond acceptors (Lipinski definition) is 5. The second kappa shape index (κ2) is 7.28. The van der Waals surface area contributed by atoms with Gasteiger partial charge >= 0.3 is 0 Å². The van der Waals surface area contributed by atoms with Crippen LogP contribution in [0.15, 0.2) is 36.5 Å². The van der Waals surface area contributed by atoms with Crippen LogP contribution in [0.5, 0.6) is 0 Å². The molecule has 8 heteroatoms. The SMILES string of the molecule is Cl.Cn1c2c(c(Cc3cccc(N)c3)c1-c1ccnc(N)n1)C(=O)NCC2. The Bertz CT molecular complexity index is 1010. The number of aromatic nitrogens is 3. The van der Waals surface area contributed by atoms with Gasteiger partial charge in [-0.15, -0.1) is 12.4 Å². The van der Waals surface area contributed by atoms with Gasteiger partial charge in [-0.2, -0.15) is 0 Å². The van der Waals surface area contributed by atoms with Gasteiger partial charge in [0.05, 0.1) is 17.0 Å². The molecule has 0 spiro atoms. The first-order valence-corrected chi connectivity index (χ1v) is 8.46. The number of anilines is 2. The highest BCUT2D eigenvalue weighted by atomic mass is 35.5. The number of hydrogen-bond donors (Lipinski definition) is 3. The van der Waals surface area contributed by atoms with Crippen LogP contribution in [0.3, 0.4) is 0 Å². The van der Waals surface area contributed by atoms with Crippen molar-refractivity contribution < 1.29 is 4.79 Å². The lowest BCUT2D eigenvalue weighted by Gasteiger charge is -2.15. The van der Waals surface area contributed by atoms with Crippen molar-refractivity contribution in [3.8, 4) is 11.4 Å². The monoisotopic (exact) mass is 384 g/mol. The van der Waals surface area contributed by atoms with Crippen molar-refractivity contribution >= 4 is 29.9 Å². The number of benzene rings is 1. The predicted molar refractivity (Wildman–Crippen MR) is 108 cm³/mol. The summed E-state index contributed by atoms with van der Waals surface area (Å²) < 4.78 is 2.05. The van der Waals surface area contributed by atoms with Crippen molar-refractivity contribution in [3.05, 3.63) is 58.9 Å². The van der Waals surface area contributed by atoms with E-state index in [0.717, 1.165) is 34.5 Å². The normalized spacial score (nSPS) is 12.9. The van der Waals surface area contributed by atoms with Crippen molar-refractivity contribution in [1.29, 1.82) is 0 Å². The van der Waals surface area contributed by atoms with E-state index < -0.39 is 0 Å². The summed E-state index contributed by atoms with van der Waals surface area (Å²) in [6.07, 6.45) is 3.00. The van der Waals surface area contributed by atoms with Crippen molar-refractivity contribution in [1.82, 2.24) is 19.9 Å². The first-order chi connectivity index (χ1) is 12.5. The van der Waals surface area contributed by atoms with E-state index in [-0.39, 0.29) is 24.3 Å². The predicted octanol–water partition coefficient (Wildman–Crippen LogP) is 1.94. The standard InChI is InChI=1S/C19H20N6O.ClH/c1-25-15-6-8-22-18(26)16(15)13(10-11-3-2-4-12(20)9-11)17(25)14-5-7-23-19(21)24-14;/h2-5,7,9H,6,8,10,20H2,1H3,(H,22,26)(H2,21,23,24);1H. The molecule has 0 fully saturated rings. The molecule has 7 nitrogen and oxygen atoms in total. The van der Waals surface area contributed by atoms with E-state index in [1.54, 1.807) is 6.20 Å². The zero-order valence-corrected chi connectivity index (χ0v) is 15.7. The molecular weight excluding hydrogens is 364 g/mol. The third-order valence-electron chi connectivity index (χ3n) is 4.74. The fraction of sp³-hybridized carbons (Fsp3) is 0.211. The largest absolute Gasteiger partial charge is 0.399 e. The van der Waals surface area contributed by atoms with Gasteiger partial charge in [-0.05, 0) is 29.3 Å². The third-order valence-corrected chi connectivity index (χ3v) is 4.74. The molecule has 4 rings (SSSR count). The van der Waals surface area contributed by atoms with Crippen LogP contribution in [0.1, 0.15) is 27.2 Å². The summed E-state index contributed by atoms with van der Waals surface area (Å²) in [5.74, 6) is 0.162. The second-order valence-corrected chi connectivity index (χ2v) is 6.44. The van der Waals surface area contributed by atoms with Gasteiger partial charge in [-0.3, -0.25) is 4.79 Å². The molecule has 1 amide bonds. The smallest absolute Gasteiger partial charge is 0.253 e. The van der Waals surface area contributed by atoms with Crippen molar-refractivity contribution in [3.63, 3.8) is 0 Å². The molecule has 0 unspecified atom stereocenters. The maximum atomic E-state index is 12.6. The van der Waals surface area contributed by atoms with Gasteiger partial charge in [0.15, 0.2) is 0 Å². The van der Waals surface area contributed by atoms with Crippen molar-refractivity contribution in [2.75, 3.05) is 18.0 Å². The maximum Gasteiger partial charge on any atom is 0.253 e. The topological polar surface area (TPSA) is 112 Å². The fourth-order valence-corrected chi connectivity index (χ4v) is 3.65. The molecule has 1 aliphatic rings. The first-order valence-electron chi connectivity index (χ1n) is 8.46. The molecule has 0 bridgehead atoms. The molecule has 1 aromatic carbocycles. The van der Waals surface area contributed by atoms with Gasteiger partial charge in [-0.25, -0.2) is 9.97 Å². The molecule has 0 atom stereocenters. The van der Waals surface area contributed by atoms with Gasteiger partial charge in [-0.1, -0.05) is 12.1 Å². The Morgan fingerprint density at radius 1 is 1.26 bits per heavy atom. The Kier molecular flexibility index (Phi) is 5.05. The Morgan fingerprint density at radius 3 is 2.81 bits per heavy atom. The van der Waals surface area contributed by atoms with Crippen LogP contribution in [-0.4, -0.2) is 27.0 Å². The Hall–Kier alpha value is -3.06. The third kappa shape index (κ3) is 3.33. The molecule has 1 aliphatic heterocycles. The molecule has 0 aliphatic carbocycles. The summed E-state index contributed by atoms with van der Waals surface area (Å²) in [5, 5.41) is 2.94. The zero-order valence-electron chi connectivity index (χ0n) is 14.9. The van der Waals surface area contributed by atoms with E-state index in [4.69, 9.17) is 11.5 Å². The van der Waals surface area contributed by atoms with Crippen LogP contribution in [0.2, 0.25) is 0 Å². The summed E-state index contributed by atoms with van der Waals surface area (Å²) in [5.41, 5.74) is 17.7. The molecule has 0 saturated carbocycles. The van der Waals surface area contributed by atoms with Crippen LogP contribution < -0.4 is 16.8 Å². The molecule has 0 saturated heterocycles. The van der Waals surface area contributed by atoms with E-state index in [2.05, 4.69) is 19.9 Å². The number of nitrogen functional groups attached to an aromatic ring is 2. The average molecular weight is 385 g/mol. The highest BCUT2D eigenvalue weighted by molar-refractivity contribution is 6.00. The molecule has 140 valence electrons. The quantitative estimate of drug-likeness (QED) is 0.597. The molecule has 3 heterocycles. The van der Waals surface area contributed by atoms with Crippen LogP contribution in [0, 0.1) is 0 Å². The van der Waals surface area contributed by atoms with Crippen LogP contribution in [-0.2, 0) is 19.9 Å². The van der Waals surface area contributed by atoms with Gasteiger partial charge in [0, 0.05) is 44.0 Å². The van der Waals surface area contributed by atoms with E-state index >= 15 is 0 Å². The lowest BCUT2D eigenvalue weighted by atomic mass is 9.96. The minimum Gasteiger partial charge on any atom is -0.399 e. The summed E-state index contributed by atoms with van der Waals surface area (Å²) >= 11 is 0. The number of nitrogens with zero attached hydrogens (tertiary/aromatic N) is 3. The minimum atomic E-state index is -0.0472. The van der Waals surface area contributed by atoms with Gasteiger partial charge < -0.3 is 21.4 Å². The molecular formula is C19H21ClN6O. The van der Waals surface area contributed by atoms with Gasteiger partial charge in [0.1, 0.15) is 0 Å². The van der Waals surface area contributed by atoms with E-state index in [1.165, 1.54) is 0 Å². The Labute approximate surface area is 163 Å². The summed E-state index contributed by atoms with van der Waals surface area (Å²) in [7, 11) is 1.97. The number of halogens is 1. The number of amides is 1. The molecule has 2 aromatic heterocycles. The van der Waals surface area contributed by atoms with Crippen LogP contribution in [0.25, 0.3) is 11.4 Å². The number of nitrogens with two attached hydrogens (primary N) is 2. The van der Waals surface area contributed by atoms with Crippen molar-refractivity contribution in [2.45, 2.75) is 12.8 Å². The summed E-state index contributed by atoms with van der Waals surface area (Å²) in [4.78, 5) is 21.0. The zero-order chi connectivity index (χ0) is 18.3. The van der Waals surface area contributed by atoms with Crippen molar-refractivity contribution in [2.24, 2.45) is 7.05 Å². The maximum absolute atomic E-state index is 12.6. The van der Waals surface area contributed by atoms with E-state index in [0.29, 0.717) is 24.3 Å². The fourth-order valence-electron chi connectivity index (χ4n) is 3.65. The minimum absolute atomic E-state index is 0. The first kappa shape index (κ1) is 18.7. The van der Waals surface area contributed by atoms with Crippen LogP contribution >= 0.6 is 12.4 Å². The lowest BCUT2D eigenvalue weighted by molar-refractivity contribution is 0.0944. The number of nitrogens with one attached hydrogen (secondary N) is 1. The highest BCUT2D eigenvalue weighted by Gasteiger charge is 2.29. The second-order valence-electron chi connectivity index (χ2n) is 6.44. The number of fused-ring (bicyclic) bond motifs is 1. The summed E-state index contributed by atoms with van der Waals surface area (Å²) in [6, 6.07) is 9.52. The van der Waals surface area contributed by atoms with Gasteiger partial charge in [0.2, 0.25) is 5.95 Å². The molecule has 0 radical (unpaired) electrons. The highest BCUT2D eigenvalue weighted by Crippen LogP contribution is 2.34. The van der Waals surface area contributed by atoms with E-state index in [1.807, 2.05) is 37.4 Å². The molecule has 5 N–H and O–H groups in total. The van der Waals surface area contributed by atoms with Gasteiger partial charge in [0.25, 0.3) is 5.91 Å². The average Bonchev–Trinajstić information content (AvgIpc) is 2.88. The lowest BCUT2D eigenvalue weighted by Crippen LogP contribution is -2.32.